The van der Waals surface area contributed by atoms with Crippen LogP contribution in [-0.4, -0.2) is 81.8 Å². The van der Waals surface area contributed by atoms with Crippen LogP contribution in [0.1, 0.15) is 226 Å². The van der Waals surface area contributed by atoms with Crippen LogP contribution in [0.3, 0.4) is 0 Å². The van der Waals surface area contributed by atoms with Gasteiger partial charge in [-0.15, -0.1) is 0 Å². The molecule has 0 radical (unpaired) electrons. The summed E-state index contributed by atoms with van der Waals surface area (Å²) < 4.78 is 6.09. The third-order valence-corrected chi connectivity index (χ3v) is 11.5. The van der Waals surface area contributed by atoms with Crippen LogP contribution >= 0.6 is 0 Å². The van der Waals surface area contributed by atoms with Gasteiger partial charge >= 0.3 is 0 Å². The maximum absolute atomic E-state index is 13.8. The Morgan fingerprint density at radius 2 is 0.944 bits per heavy atom. The van der Waals surface area contributed by atoms with Crippen LogP contribution in [0.25, 0.3) is 0 Å². The Labute approximate surface area is 332 Å². The molecule has 9 nitrogen and oxygen atoms in total. The summed E-state index contributed by atoms with van der Waals surface area (Å²) in [5, 5.41) is 34.4. The average Bonchev–Trinajstić information content (AvgIpc) is 3.16. The number of hydrogen-bond acceptors (Lipinski definition) is 7. The second kappa shape index (κ2) is 34.9. The Bertz CT molecular complexity index is 876. The molecule has 0 bridgehead atoms. The summed E-state index contributed by atoms with van der Waals surface area (Å²) in [6, 6.07) is -1.90. The van der Waals surface area contributed by atoms with Gasteiger partial charge in [-0.25, -0.2) is 0 Å². The van der Waals surface area contributed by atoms with Crippen molar-refractivity contribution in [1.82, 2.24) is 10.2 Å². The van der Waals surface area contributed by atoms with E-state index in [9.17, 15) is 24.9 Å². The van der Waals surface area contributed by atoms with Crippen LogP contribution in [-0.2, 0) is 14.3 Å². The quantitative estimate of drug-likeness (QED) is 0.0396. The highest BCUT2D eigenvalue weighted by molar-refractivity contribution is 5.81. The van der Waals surface area contributed by atoms with Crippen LogP contribution in [0.5, 0.6) is 0 Å². The topological polar surface area (TPSA) is 145 Å². The molecular weight excluding hydrogens is 679 g/mol. The highest BCUT2D eigenvalue weighted by Gasteiger charge is 2.48. The zero-order valence-electron chi connectivity index (χ0n) is 35.6. The van der Waals surface area contributed by atoms with Crippen molar-refractivity contribution >= 4 is 11.8 Å². The van der Waals surface area contributed by atoms with Gasteiger partial charge in [-0.2, -0.15) is 0 Å². The number of rotatable bonds is 37. The van der Waals surface area contributed by atoms with E-state index < -0.39 is 49.1 Å². The summed E-state index contributed by atoms with van der Waals surface area (Å²) >= 11 is 0. The SMILES string of the molecule is CCCCCCCCCCCCCCCCCCN(C(=O)CCCCCCCCCCCCCCCCC)[C@@H]1O[C@H](CO)[C@@H](O)[C@H](O)[C@H]1NC(=O)[C@@H](C)N. The van der Waals surface area contributed by atoms with Crippen molar-refractivity contribution in [1.29, 1.82) is 0 Å². The predicted molar refractivity (Wildman–Crippen MR) is 224 cm³/mol. The minimum atomic E-state index is -1.42. The standard InChI is InChI=1S/C45H89N3O6/c1-4-6-8-10-12-14-16-18-20-22-24-26-28-30-32-34-36-48(45-41(47-44(53)38(3)46)43(52)42(51)39(37-49)54-45)40(50)35-33-31-29-27-25-23-21-19-17-15-13-11-9-7-5-2/h38-39,41-43,45,49,51-52H,4-37,46H2,1-3H3,(H,47,53)/t38-,39-,41-,42-,43-,45-/m1/s1. The molecule has 0 aromatic heterocycles. The van der Waals surface area contributed by atoms with E-state index in [1.807, 2.05) is 0 Å². The summed E-state index contributed by atoms with van der Waals surface area (Å²) in [4.78, 5) is 28.1. The first-order valence-electron chi connectivity index (χ1n) is 23.3. The van der Waals surface area contributed by atoms with E-state index in [4.69, 9.17) is 10.5 Å². The second-order valence-corrected chi connectivity index (χ2v) is 16.6. The van der Waals surface area contributed by atoms with E-state index in [-0.39, 0.29) is 5.91 Å². The Kier molecular flexibility index (Phi) is 32.8. The van der Waals surface area contributed by atoms with Crippen molar-refractivity contribution in [3.8, 4) is 0 Å². The fraction of sp³-hybridized carbons (Fsp3) is 0.956. The number of nitrogens with zero attached hydrogens (tertiary/aromatic N) is 1. The lowest BCUT2D eigenvalue weighted by Crippen LogP contribution is -2.69. The first-order valence-corrected chi connectivity index (χ1v) is 23.3. The molecule has 6 N–H and O–H groups in total. The summed E-state index contributed by atoms with van der Waals surface area (Å²) in [6.45, 7) is 5.99. The molecule has 1 saturated heterocycles. The monoisotopic (exact) mass is 768 g/mol. The summed E-state index contributed by atoms with van der Waals surface area (Å²) in [7, 11) is 0. The lowest BCUT2D eigenvalue weighted by molar-refractivity contribution is -0.231. The minimum Gasteiger partial charge on any atom is -0.394 e. The number of aliphatic hydroxyl groups is 3. The Morgan fingerprint density at radius 3 is 1.30 bits per heavy atom. The van der Waals surface area contributed by atoms with Crippen molar-refractivity contribution < 1.29 is 29.6 Å². The molecule has 9 heteroatoms. The van der Waals surface area contributed by atoms with E-state index in [1.165, 1.54) is 161 Å². The molecule has 0 aromatic carbocycles. The van der Waals surface area contributed by atoms with E-state index in [1.54, 1.807) is 11.8 Å². The lowest BCUT2D eigenvalue weighted by Gasteiger charge is -2.47. The van der Waals surface area contributed by atoms with Crippen LogP contribution in [0, 0.1) is 0 Å². The van der Waals surface area contributed by atoms with Gasteiger partial charge in [0.15, 0.2) is 6.23 Å². The molecule has 1 rings (SSSR count). The molecule has 0 saturated carbocycles. The van der Waals surface area contributed by atoms with Crippen molar-refractivity contribution in [2.24, 2.45) is 5.73 Å². The van der Waals surface area contributed by atoms with Gasteiger partial charge in [-0.1, -0.05) is 200 Å². The van der Waals surface area contributed by atoms with Crippen LogP contribution in [0.4, 0.5) is 0 Å². The Hall–Kier alpha value is -1.26. The molecule has 0 spiro atoms. The first-order chi connectivity index (χ1) is 26.3. The van der Waals surface area contributed by atoms with Gasteiger partial charge < -0.3 is 36.0 Å². The molecule has 0 aromatic rings. The molecule has 320 valence electrons. The maximum atomic E-state index is 13.8. The molecule has 0 aliphatic carbocycles. The molecule has 0 unspecified atom stereocenters. The Morgan fingerprint density at radius 1 is 0.593 bits per heavy atom. The summed E-state index contributed by atoms with van der Waals surface area (Å²) in [5.74, 6) is -0.588. The van der Waals surface area contributed by atoms with Crippen LogP contribution in [0.15, 0.2) is 0 Å². The molecule has 1 heterocycles. The van der Waals surface area contributed by atoms with Crippen molar-refractivity contribution in [2.45, 2.75) is 263 Å². The van der Waals surface area contributed by atoms with Gasteiger partial charge in [0.05, 0.1) is 12.6 Å². The molecule has 54 heavy (non-hydrogen) atoms. The average molecular weight is 768 g/mol. The normalized spacial score (nSPS) is 20.6. The minimum absolute atomic E-state index is 0.0871. The number of unbranched alkanes of at least 4 members (excludes halogenated alkanes) is 29. The summed E-state index contributed by atoms with van der Waals surface area (Å²) in [5.41, 5.74) is 5.82. The van der Waals surface area contributed by atoms with Crippen molar-refractivity contribution in [3.63, 3.8) is 0 Å². The predicted octanol–water partition coefficient (Wildman–Crippen LogP) is 9.61. The molecule has 1 aliphatic heterocycles. The van der Waals surface area contributed by atoms with E-state index >= 15 is 0 Å². The van der Waals surface area contributed by atoms with Crippen LogP contribution in [0.2, 0.25) is 0 Å². The molecule has 6 atom stereocenters. The van der Waals surface area contributed by atoms with E-state index in [0.29, 0.717) is 13.0 Å². The fourth-order valence-electron chi connectivity index (χ4n) is 7.83. The number of carbonyl (C=O) groups excluding carboxylic acids is 2. The van der Waals surface area contributed by atoms with Crippen molar-refractivity contribution in [2.75, 3.05) is 13.2 Å². The number of hydrogen-bond donors (Lipinski definition) is 5. The smallest absolute Gasteiger partial charge is 0.237 e. The number of nitrogens with two attached hydrogens (primary N) is 1. The molecule has 2 amide bonds. The zero-order chi connectivity index (χ0) is 39.7. The van der Waals surface area contributed by atoms with Crippen LogP contribution < -0.4 is 11.1 Å². The van der Waals surface area contributed by atoms with Gasteiger partial charge in [0.1, 0.15) is 24.4 Å². The number of amides is 2. The van der Waals surface area contributed by atoms with E-state index in [0.717, 1.165) is 38.5 Å². The Balaban J connectivity index is 2.53. The van der Waals surface area contributed by atoms with Gasteiger partial charge in [-0.05, 0) is 19.8 Å². The van der Waals surface area contributed by atoms with E-state index in [2.05, 4.69) is 19.2 Å². The first kappa shape index (κ1) is 50.8. The largest absolute Gasteiger partial charge is 0.394 e. The fourth-order valence-corrected chi connectivity index (χ4v) is 7.83. The molecular formula is C45H89N3O6. The third kappa shape index (κ3) is 24.4. The number of ether oxygens (including phenoxy) is 1. The van der Waals surface area contributed by atoms with Crippen molar-refractivity contribution in [3.05, 3.63) is 0 Å². The summed E-state index contributed by atoms with van der Waals surface area (Å²) in [6.07, 6.45) is 34.4. The highest BCUT2D eigenvalue weighted by atomic mass is 16.5. The number of carbonyl (C=O) groups is 2. The molecule has 1 aliphatic rings. The van der Waals surface area contributed by atoms with Gasteiger partial charge in [0.25, 0.3) is 0 Å². The second-order valence-electron chi connectivity index (χ2n) is 16.6. The maximum Gasteiger partial charge on any atom is 0.237 e. The lowest BCUT2D eigenvalue weighted by atomic mass is 9.94. The number of aliphatic hydroxyl groups excluding tert-OH is 3. The van der Waals surface area contributed by atoms with Gasteiger partial charge in [0.2, 0.25) is 11.8 Å². The van der Waals surface area contributed by atoms with Gasteiger partial charge in [-0.3, -0.25) is 9.59 Å². The van der Waals surface area contributed by atoms with Gasteiger partial charge in [0, 0.05) is 13.0 Å². The highest BCUT2D eigenvalue weighted by Crippen LogP contribution is 2.26. The zero-order valence-corrected chi connectivity index (χ0v) is 35.6. The molecule has 1 fully saturated rings. The number of nitrogens with one attached hydrogen (secondary N) is 1. The third-order valence-electron chi connectivity index (χ3n) is 11.5.